The summed E-state index contributed by atoms with van der Waals surface area (Å²) in [4.78, 5) is 24.0. The quantitative estimate of drug-likeness (QED) is 0.883. The fourth-order valence-corrected chi connectivity index (χ4v) is 2.98. The maximum Gasteiger partial charge on any atom is 0.224 e. The first-order chi connectivity index (χ1) is 8.65. The molecule has 6 heteroatoms. The third-order valence-corrected chi connectivity index (χ3v) is 4.23. The van der Waals surface area contributed by atoms with Crippen molar-refractivity contribution in [2.75, 3.05) is 13.1 Å². The Hall–Kier alpha value is -1.07. The van der Waals surface area contributed by atoms with Crippen molar-refractivity contribution in [3.63, 3.8) is 0 Å². The molecule has 0 unspecified atom stereocenters. The summed E-state index contributed by atoms with van der Waals surface area (Å²) in [5.41, 5.74) is 0. The minimum atomic E-state index is -0.0883. The lowest BCUT2D eigenvalue weighted by atomic mass is 9.98. The summed E-state index contributed by atoms with van der Waals surface area (Å²) >= 11 is 7.36. The average Bonchev–Trinajstić information content (AvgIpc) is 2.76. The summed E-state index contributed by atoms with van der Waals surface area (Å²) in [6.45, 7) is 1.07. The number of amides is 2. The zero-order chi connectivity index (χ0) is 13.0. The molecule has 2 N–H and O–H groups in total. The molecule has 0 aliphatic carbocycles. The summed E-state index contributed by atoms with van der Waals surface area (Å²) in [5.74, 6) is -0.0282. The Balaban J connectivity index is 1.70. The average molecular weight is 287 g/mol. The molecule has 2 heterocycles. The van der Waals surface area contributed by atoms with Gasteiger partial charge in [-0.05, 0) is 25.0 Å². The number of carbonyl (C=O) groups excluding carboxylic acids is 2. The van der Waals surface area contributed by atoms with Gasteiger partial charge in [0.25, 0.3) is 0 Å². The van der Waals surface area contributed by atoms with Crippen molar-refractivity contribution in [2.24, 2.45) is 5.92 Å². The van der Waals surface area contributed by atoms with Crippen LogP contribution in [0.25, 0.3) is 0 Å². The third kappa shape index (κ3) is 3.71. The van der Waals surface area contributed by atoms with Crippen LogP contribution in [0.15, 0.2) is 12.1 Å². The predicted octanol–water partition coefficient (Wildman–Crippen LogP) is 1.59. The number of carbonyl (C=O) groups is 2. The van der Waals surface area contributed by atoms with Gasteiger partial charge in [0, 0.05) is 24.4 Å². The molecule has 0 saturated carbocycles. The fourth-order valence-electron chi connectivity index (χ4n) is 1.90. The lowest BCUT2D eigenvalue weighted by molar-refractivity contribution is -0.128. The van der Waals surface area contributed by atoms with Crippen molar-refractivity contribution in [3.8, 4) is 0 Å². The Morgan fingerprint density at radius 2 is 2.39 bits per heavy atom. The van der Waals surface area contributed by atoms with E-state index in [1.807, 2.05) is 12.1 Å². The lowest BCUT2D eigenvalue weighted by Crippen LogP contribution is -2.43. The molecule has 1 aliphatic heterocycles. The van der Waals surface area contributed by atoms with Gasteiger partial charge in [-0.15, -0.1) is 11.3 Å². The number of piperidine rings is 1. The molecular formula is C12H15ClN2O2S. The zero-order valence-electron chi connectivity index (χ0n) is 9.87. The van der Waals surface area contributed by atoms with Crippen LogP contribution in [0.2, 0.25) is 4.34 Å². The summed E-state index contributed by atoms with van der Waals surface area (Å²) in [7, 11) is 0. The SMILES string of the molecule is O=C1CC[C@H](C(=O)NCCc2ccc(Cl)s2)CN1. The smallest absolute Gasteiger partial charge is 0.224 e. The largest absolute Gasteiger partial charge is 0.355 e. The molecule has 4 nitrogen and oxygen atoms in total. The first kappa shape index (κ1) is 13.4. The normalized spacial score (nSPS) is 19.4. The highest BCUT2D eigenvalue weighted by Gasteiger charge is 2.23. The van der Waals surface area contributed by atoms with E-state index in [0.29, 0.717) is 25.9 Å². The lowest BCUT2D eigenvalue weighted by Gasteiger charge is -2.21. The van der Waals surface area contributed by atoms with Gasteiger partial charge in [-0.2, -0.15) is 0 Å². The van der Waals surface area contributed by atoms with Crippen LogP contribution >= 0.6 is 22.9 Å². The molecule has 0 radical (unpaired) electrons. The van der Waals surface area contributed by atoms with E-state index in [9.17, 15) is 9.59 Å². The van der Waals surface area contributed by atoms with Crippen LogP contribution in [-0.2, 0) is 16.0 Å². The monoisotopic (exact) mass is 286 g/mol. The van der Waals surface area contributed by atoms with Crippen LogP contribution < -0.4 is 10.6 Å². The van der Waals surface area contributed by atoms with Crippen molar-refractivity contribution in [1.82, 2.24) is 10.6 Å². The van der Waals surface area contributed by atoms with E-state index in [-0.39, 0.29) is 17.7 Å². The number of hydrogen-bond donors (Lipinski definition) is 2. The molecule has 1 aromatic rings. The Morgan fingerprint density at radius 1 is 1.56 bits per heavy atom. The highest BCUT2D eigenvalue weighted by atomic mass is 35.5. The van der Waals surface area contributed by atoms with E-state index in [2.05, 4.69) is 10.6 Å². The van der Waals surface area contributed by atoms with Crippen molar-refractivity contribution >= 4 is 34.8 Å². The van der Waals surface area contributed by atoms with Gasteiger partial charge in [-0.3, -0.25) is 9.59 Å². The molecule has 0 aromatic carbocycles. The third-order valence-electron chi connectivity index (χ3n) is 2.94. The van der Waals surface area contributed by atoms with Gasteiger partial charge in [-0.1, -0.05) is 11.6 Å². The second-order valence-corrected chi connectivity index (χ2v) is 6.09. The molecule has 98 valence electrons. The molecule has 0 spiro atoms. The van der Waals surface area contributed by atoms with Crippen molar-refractivity contribution in [3.05, 3.63) is 21.3 Å². The first-order valence-corrected chi connectivity index (χ1v) is 7.13. The second-order valence-electron chi connectivity index (χ2n) is 4.29. The van der Waals surface area contributed by atoms with Crippen LogP contribution in [0, 0.1) is 5.92 Å². The molecular weight excluding hydrogens is 272 g/mol. The molecule has 1 aliphatic rings. The van der Waals surface area contributed by atoms with Crippen LogP contribution in [0.3, 0.4) is 0 Å². The number of nitrogens with one attached hydrogen (secondary N) is 2. The highest BCUT2D eigenvalue weighted by Crippen LogP contribution is 2.21. The molecule has 1 fully saturated rings. The number of halogens is 1. The first-order valence-electron chi connectivity index (χ1n) is 5.94. The number of rotatable bonds is 4. The topological polar surface area (TPSA) is 58.2 Å². The van der Waals surface area contributed by atoms with Gasteiger partial charge in [0.05, 0.1) is 10.3 Å². The van der Waals surface area contributed by atoms with Gasteiger partial charge in [-0.25, -0.2) is 0 Å². The Kier molecular flexibility index (Phi) is 4.60. The van der Waals surface area contributed by atoms with Crippen molar-refractivity contribution < 1.29 is 9.59 Å². The standard InChI is InChI=1S/C12H15ClN2O2S/c13-10-3-2-9(18-10)5-6-14-12(17)8-1-4-11(16)15-7-8/h2-3,8H,1,4-7H2,(H,14,17)(H,15,16)/t8-/m0/s1. The van der Waals surface area contributed by atoms with Crippen LogP contribution in [0.4, 0.5) is 0 Å². The second kappa shape index (κ2) is 6.20. The highest BCUT2D eigenvalue weighted by molar-refractivity contribution is 7.16. The van der Waals surface area contributed by atoms with E-state index >= 15 is 0 Å². The van der Waals surface area contributed by atoms with Crippen molar-refractivity contribution in [2.45, 2.75) is 19.3 Å². The van der Waals surface area contributed by atoms with Crippen LogP contribution in [0.1, 0.15) is 17.7 Å². The maximum atomic E-state index is 11.8. The Bertz CT molecular complexity index is 437. The van der Waals surface area contributed by atoms with E-state index in [4.69, 9.17) is 11.6 Å². The molecule has 1 atom stereocenters. The fraction of sp³-hybridized carbons (Fsp3) is 0.500. The summed E-state index contributed by atoms with van der Waals surface area (Å²) in [6.07, 6.45) is 1.88. The molecule has 1 saturated heterocycles. The number of hydrogen-bond acceptors (Lipinski definition) is 3. The van der Waals surface area contributed by atoms with Gasteiger partial charge in [0.1, 0.15) is 0 Å². The molecule has 2 amide bonds. The Labute approximate surface area is 115 Å². The van der Waals surface area contributed by atoms with Crippen molar-refractivity contribution in [1.29, 1.82) is 0 Å². The zero-order valence-corrected chi connectivity index (χ0v) is 11.4. The Morgan fingerprint density at radius 3 is 3.00 bits per heavy atom. The van der Waals surface area contributed by atoms with Gasteiger partial charge >= 0.3 is 0 Å². The summed E-state index contributed by atoms with van der Waals surface area (Å²) in [5, 5.41) is 5.61. The molecule has 1 aromatic heterocycles. The minimum absolute atomic E-state index is 0.0256. The van der Waals surface area contributed by atoms with Crippen LogP contribution in [-0.4, -0.2) is 24.9 Å². The van der Waals surface area contributed by atoms with E-state index < -0.39 is 0 Å². The molecule has 18 heavy (non-hydrogen) atoms. The number of thiophene rings is 1. The van der Waals surface area contributed by atoms with Gasteiger partial charge in [0.2, 0.25) is 11.8 Å². The van der Waals surface area contributed by atoms with Gasteiger partial charge in [0.15, 0.2) is 0 Å². The summed E-state index contributed by atoms with van der Waals surface area (Å²) < 4.78 is 0.770. The summed E-state index contributed by atoms with van der Waals surface area (Å²) in [6, 6.07) is 3.83. The van der Waals surface area contributed by atoms with Crippen LogP contribution in [0.5, 0.6) is 0 Å². The maximum absolute atomic E-state index is 11.8. The predicted molar refractivity (Wildman–Crippen MR) is 71.8 cm³/mol. The molecule has 2 rings (SSSR count). The van der Waals surface area contributed by atoms with Gasteiger partial charge < -0.3 is 10.6 Å². The molecule has 0 bridgehead atoms. The van der Waals surface area contributed by atoms with E-state index in [1.165, 1.54) is 11.3 Å². The minimum Gasteiger partial charge on any atom is -0.355 e. The van der Waals surface area contributed by atoms with E-state index in [0.717, 1.165) is 15.6 Å². The van der Waals surface area contributed by atoms with E-state index in [1.54, 1.807) is 0 Å².